The number of phenols is 1. The number of ether oxygens (including phenoxy) is 1. The van der Waals surface area contributed by atoms with E-state index in [1.807, 2.05) is 0 Å². The van der Waals surface area contributed by atoms with Crippen LogP contribution < -0.4 is 10.9 Å². The van der Waals surface area contributed by atoms with Crippen molar-refractivity contribution >= 4 is 12.0 Å². The van der Waals surface area contributed by atoms with Gasteiger partial charge in [0.25, 0.3) is 5.91 Å². The Morgan fingerprint density at radius 1 is 0.846 bits per heavy atom. The van der Waals surface area contributed by atoms with Crippen LogP contribution in [0.5, 0.6) is 5.75 Å². The average molecular weight is 364 g/mol. The minimum absolute atomic E-state index is 0.0745. The summed E-state index contributed by atoms with van der Waals surface area (Å²) in [6, 6.07) is 5.72. The number of nitrogens with one attached hydrogen (secondary N) is 2. The molecule has 0 atom stereocenters. The van der Waals surface area contributed by atoms with Crippen molar-refractivity contribution < 1.29 is 19.4 Å². The predicted octanol–water partition coefficient (Wildman–Crippen LogP) is 4.68. The van der Waals surface area contributed by atoms with Crippen molar-refractivity contribution in [3.05, 3.63) is 29.8 Å². The van der Waals surface area contributed by atoms with Crippen LogP contribution in [0.3, 0.4) is 0 Å². The Balaban J connectivity index is 1.95. The third kappa shape index (κ3) is 10.6. The molecule has 2 amide bonds. The molecule has 1 rings (SSSR count). The summed E-state index contributed by atoms with van der Waals surface area (Å²) in [5.41, 5.74) is 4.80. The lowest BCUT2D eigenvalue weighted by atomic mass is 10.1. The van der Waals surface area contributed by atoms with Crippen molar-refractivity contribution in [2.24, 2.45) is 0 Å². The zero-order chi connectivity index (χ0) is 19.0. The van der Waals surface area contributed by atoms with Crippen molar-refractivity contribution in [3.63, 3.8) is 0 Å². The SMILES string of the molecule is CCCCCCCCCCCCOC(=O)NNC(=O)c1ccc(O)cc1. The largest absolute Gasteiger partial charge is 0.508 e. The fourth-order valence-corrected chi connectivity index (χ4v) is 2.58. The van der Waals surface area contributed by atoms with Gasteiger partial charge in [-0.2, -0.15) is 0 Å². The smallest absolute Gasteiger partial charge is 0.426 e. The van der Waals surface area contributed by atoms with E-state index in [1.54, 1.807) is 0 Å². The maximum absolute atomic E-state index is 11.8. The first kappa shape index (κ1) is 21.8. The van der Waals surface area contributed by atoms with E-state index in [2.05, 4.69) is 17.8 Å². The summed E-state index contributed by atoms with van der Waals surface area (Å²) in [5.74, 6) is -0.397. The highest BCUT2D eigenvalue weighted by Gasteiger charge is 2.07. The molecule has 1 aromatic carbocycles. The van der Waals surface area contributed by atoms with Gasteiger partial charge in [0.2, 0.25) is 0 Å². The van der Waals surface area contributed by atoms with Gasteiger partial charge in [0.05, 0.1) is 6.61 Å². The number of hydrogen-bond acceptors (Lipinski definition) is 4. The van der Waals surface area contributed by atoms with Crippen molar-refractivity contribution in [3.8, 4) is 5.75 Å². The Hall–Kier alpha value is -2.24. The summed E-state index contributed by atoms with van der Waals surface area (Å²) in [7, 11) is 0. The Labute approximate surface area is 156 Å². The van der Waals surface area contributed by atoms with Gasteiger partial charge in [0.15, 0.2) is 0 Å². The van der Waals surface area contributed by atoms with Gasteiger partial charge in [-0.05, 0) is 30.7 Å². The lowest BCUT2D eigenvalue weighted by Crippen LogP contribution is -2.42. The highest BCUT2D eigenvalue weighted by molar-refractivity contribution is 5.94. The monoisotopic (exact) mass is 364 g/mol. The van der Waals surface area contributed by atoms with Crippen LogP contribution in [-0.2, 0) is 4.74 Å². The molecule has 0 radical (unpaired) electrons. The third-order valence-corrected chi connectivity index (χ3v) is 4.14. The van der Waals surface area contributed by atoms with Crippen LogP contribution in [0.4, 0.5) is 4.79 Å². The molecule has 0 aliphatic carbocycles. The Morgan fingerprint density at radius 3 is 1.96 bits per heavy atom. The van der Waals surface area contributed by atoms with Gasteiger partial charge in [-0.25, -0.2) is 10.2 Å². The predicted molar refractivity (Wildman–Crippen MR) is 102 cm³/mol. The summed E-state index contributed by atoms with van der Waals surface area (Å²) >= 11 is 0. The van der Waals surface area contributed by atoms with Crippen LogP contribution >= 0.6 is 0 Å². The molecule has 146 valence electrons. The molecule has 0 saturated carbocycles. The first-order valence-corrected chi connectivity index (χ1v) is 9.65. The number of amides is 2. The molecule has 3 N–H and O–H groups in total. The highest BCUT2D eigenvalue weighted by Crippen LogP contribution is 2.11. The number of unbranched alkanes of at least 4 members (excludes halogenated alkanes) is 9. The minimum atomic E-state index is -0.673. The zero-order valence-electron chi connectivity index (χ0n) is 15.8. The lowest BCUT2D eigenvalue weighted by Gasteiger charge is -2.08. The first-order valence-electron chi connectivity index (χ1n) is 9.65. The Bertz CT molecular complexity index is 517. The molecule has 0 heterocycles. The summed E-state index contributed by atoms with van der Waals surface area (Å²) < 4.78 is 5.01. The van der Waals surface area contributed by atoms with E-state index in [4.69, 9.17) is 9.84 Å². The Kier molecular flexibility index (Phi) is 11.7. The van der Waals surface area contributed by atoms with Crippen LogP contribution in [0.15, 0.2) is 24.3 Å². The van der Waals surface area contributed by atoms with E-state index in [1.165, 1.54) is 69.2 Å². The number of aromatic hydroxyl groups is 1. The highest BCUT2D eigenvalue weighted by atomic mass is 16.6. The topological polar surface area (TPSA) is 87.7 Å². The Morgan fingerprint density at radius 2 is 1.38 bits per heavy atom. The van der Waals surface area contributed by atoms with Crippen LogP contribution in [0.1, 0.15) is 81.5 Å². The molecule has 0 aliphatic rings. The van der Waals surface area contributed by atoms with Crippen LogP contribution in [-0.4, -0.2) is 23.7 Å². The molecule has 26 heavy (non-hydrogen) atoms. The normalized spacial score (nSPS) is 10.3. The standard InChI is InChI=1S/C20H32N2O4/c1-2-3-4-5-6-7-8-9-10-11-16-26-20(25)22-21-19(24)17-12-14-18(23)15-13-17/h12-15,23H,2-11,16H2,1H3,(H,21,24)(H,22,25). The van der Waals surface area contributed by atoms with E-state index < -0.39 is 12.0 Å². The molecule has 0 fully saturated rings. The minimum Gasteiger partial charge on any atom is -0.508 e. The number of phenolic OH excluding ortho intramolecular Hbond substituents is 1. The molecule has 1 aromatic rings. The lowest BCUT2D eigenvalue weighted by molar-refractivity contribution is 0.0908. The van der Waals surface area contributed by atoms with Crippen LogP contribution in [0.2, 0.25) is 0 Å². The summed E-state index contributed by atoms with van der Waals surface area (Å²) in [5, 5.41) is 9.17. The number of hydrogen-bond donors (Lipinski definition) is 3. The molecule has 0 saturated heterocycles. The van der Waals surface area contributed by atoms with E-state index in [0.717, 1.165) is 19.3 Å². The second-order valence-corrected chi connectivity index (χ2v) is 6.44. The van der Waals surface area contributed by atoms with Gasteiger partial charge in [0, 0.05) is 5.56 Å². The summed E-state index contributed by atoms with van der Waals surface area (Å²) in [4.78, 5) is 23.3. The maximum Gasteiger partial charge on any atom is 0.426 e. The molecule has 0 bridgehead atoms. The third-order valence-electron chi connectivity index (χ3n) is 4.14. The van der Waals surface area contributed by atoms with Crippen molar-refractivity contribution in [2.75, 3.05) is 6.61 Å². The van der Waals surface area contributed by atoms with Crippen molar-refractivity contribution in [1.29, 1.82) is 0 Å². The fraction of sp³-hybridized carbons (Fsp3) is 0.600. The van der Waals surface area contributed by atoms with Gasteiger partial charge in [-0.1, -0.05) is 64.7 Å². The summed E-state index contributed by atoms with van der Waals surface area (Å²) in [6.45, 7) is 2.57. The summed E-state index contributed by atoms with van der Waals surface area (Å²) in [6.07, 6.45) is 11.5. The molecule has 0 spiro atoms. The van der Waals surface area contributed by atoms with Gasteiger partial charge in [-0.3, -0.25) is 10.2 Å². The second-order valence-electron chi connectivity index (χ2n) is 6.44. The van der Waals surface area contributed by atoms with Crippen molar-refractivity contribution in [1.82, 2.24) is 10.9 Å². The van der Waals surface area contributed by atoms with Crippen LogP contribution in [0.25, 0.3) is 0 Å². The maximum atomic E-state index is 11.8. The molecular formula is C20H32N2O4. The average Bonchev–Trinajstić information content (AvgIpc) is 2.64. The number of carbonyl (C=O) groups is 2. The molecule has 6 heteroatoms. The van der Waals surface area contributed by atoms with Gasteiger partial charge < -0.3 is 9.84 Å². The van der Waals surface area contributed by atoms with Crippen molar-refractivity contribution in [2.45, 2.75) is 71.1 Å². The van der Waals surface area contributed by atoms with Gasteiger partial charge in [-0.15, -0.1) is 0 Å². The molecule has 0 aliphatic heterocycles. The van der Waals surface area contributed by atoms with E-state index in [0.29, 0.717) is 12.2 Å². The van der Waals surface area contributed by atoms with Gasteiger partial charge in [0.1, 0.15) is 5.75 Å². The van der Waals surface area contributed by atoms with Crippen LogP contribution in [0, 0.1) is 0 Å². The van der Waals surface area contributed by atoms with E-state index in [9.17, 15) is 9.59 Å². The fourth-order valence-electron chi connectivity index (χ4n) is 2.58. The molecule has 0 aromatic heterocycles. The van der Waals surface area contributed by atoms with E-state index >= 15 is 0 Å². The quantitative estimate of drug-likeness (QED) is 0.371. The molecule has 6 nitrogen and oxygen atoms in total. The first-order chi connectivity index (χ1) is 12.6. The van der Waals surface area contributed by atoms with E-state index in [-0.39, 0.29) is 5.75 Å². The number of rotatable bonds is 12. The number of benzene rings is 1. The zero-order valence-corrected chi connectivity index (χ0v) is 15.8. The molecular weight excluding hydrogens is 332 g/mol. The van der Waals surface area contributed by atoms with Gasteiger partial charge >= 0.3 is 6.09 Å². The second kappa shape index (κ2) is 14.0. The number of carbonyl (C=O) groups excluding carboxylic acids is 2. The number of hydrazine groups is 1. The molecule has 0 unspecified atom stereocenters.